The lowest BCUT2D eigenvalue weighted by molar-refractivity contribution is 0.628. The largest absolute Gasteiger partial charge is 0.312 e. The first-order valence-electron chi connectivity index (χ1n) is 6.41. The summed E-state index contributed by atoms with van der Waals surface area (Å²) >= 11 is 3.27. The molecule has 0 saturated heterocycles. The van der Waals surface area contributed by atoms with Crippen LogP contribution in [-0.2, 0) is 6.54 Å². The normalized spacial score (nSPS) is 11.8. The van der Waals surface area contributed by atoms with Gasteiger partial charge >= 0.3 is 0 Å². The number of thiazole rings is 1. The third-order valence-electron chi connectivity index (χ3n) is 2.93. The van der Waals surface area contributed by atoms with Crippen molar-refractivity contribution in [2.45, 2.75) is 6.54 Å². The van der Waals surface area contributed by atoms with Crippen LogP contribution in [0.2, 0.25) is 0 Å². The molecule has 0 unspecified atom stereocenters. The average Bonchev–Trinajstić information content (AvgIpc) is 3.12. The molecule has 0 bridgehead atoms. The molecule has 0 saturated carbocycles. The molecule has 1 aromatic carbocycles. The molecule has 2 aromatic heterocycles. The molecule has 21 heavy (non-hydrogen) atoms. The predicted molar refractivity (Wildman–Crippen MR) is 87.4 cm³/mol. The molecule has 2 nitrogen and oxygen atoms in total. The Bertz CT molecular complexity index is 796. The van der Waals surface area contributed by atoms with Crippen molar-refractivity contribution in [1.82, 2.24) is 4.57 Å². The Hall–Kier alpha value is -1.98. The van der Waals surface area contributed by atoms with E-state index < -0.39 is 0 Å². The highest BCUT2D eigenvalue weighted by Gasteiger charge is 2.07. The van der Waals surface area contributed by atoms with E-state index >= 15 is 0 Å². The minimum Gasteiger partial charge on any atom is -0.312 e. The number of thiophene rings is 1. The van der Waals surface area contributed by atoms with Crippen LogP contribution in [0.25, 0.3) is 10.6 Å². The summed E-state index contributed by atoms with van der Waals surface area (Å²) < 4.78 is 15.1. The lowest BCUT2D eigenvalue weighted by atomic mass is 10.3. The van der Waals surface area contributed by atoms with Crippen LogP contribution in [0.15, 0.2) is 64.8 Å². The molecule has 3 rings (SSSR count). The highest BCUT2D eigenvalue weighted by molar-refractivity contribution is 7.14. The van der Waals surface area contributed by atoms with Crippen LogP contribution in [0.1, 0.15) is 0 Å². The quantitative estimate of drug-likeness (QED) is 0.613. The molecular formula is C16H13FN2S2. The number of rotatable bonds is 4. The fourth-order valence-corrected chi connectivity index (χ4v) is 3.73. The van der Waals surface area contributed by atoms with E-state index in [0.29, 0.717) is 6.54 Å². The van der Waals surface area contributed by atoms with Gasteiger partial charge in [0.05, 0.1) is 16.3 Å². The van der Waals surface area contributed by atoms with Crippen LogP contribution in [0.4, 0.5) is 10.1 Å². The topological polar surface area (TPSA) is 17.3 Å². The van der Waals surface area contributed by atoms with Gasteiger partial charge in [0.25, 0.3) is 0 Å². The molecule has 0 aliphatic heterocycles. The van der Waals surface area contributed by atoms with Crippen molar-refractivity contribution < 1.29 is 4.39 Å². The van der Waals surface area contributed by atoms with Gasteiger partial charge in [0, 0.05) is 11.9 Å². The summed E-state index contributed by atoms with van der Waals surface area (Å²) in [6.45, 7) is 4.50. The third kappa shape index (κ3) is 3.04. The molecular weight excluding hydrogens is 303 g/mol. The summed E-state index contributed by atoms with van der Waals surface area (Å²) in [7, 11) is 0. The van der Waals surface area contributed by atoms with Gasteiger partial charge in [-0.1, -0.05) is 12.1 Å². The maximum atomic E-state index is 13.0. The van der Waals surface area contributed by atoms with Crippen molar-refractivity contribution in [3.8, 4) is 10.6 Å². The van der Waals surface area contributed by atoms with Crippen molar-refractivity contribution in [2.24, 2.45) is 4.99 Å². The third-order valence-corrected chi connectivity index (χ3v) is 4.69. The van der Waals surface area contributed by atoms with Crippen LogP contribution < -0.4 is 4.80 Å². The summed E-state index contributed by atoms with van der Waals surface area (Å²) in [5.41, 5.74) is 1.88. The van der Waals surface area contributed by atoms with E-state index in [1.54, 1.807) is 34.8 Å². The second-order valence-electron chi connectivity index (χ2n) is 4.37. The predicted octanol–water partition coefficient (Wildman–Crippen LogP) is 4.84. The number of aromatic nitrogens is 1. The average molecular weight is 316 g/mol. The minimum atomic E-state index is -0.252. The molecule has 0 N–H and O–H groups in total. The molecule has 0 spiro atoms. The summed E-state index contributed by atoms with van der Waals surface area (Å²) in [6.07, 6.45) is 1.85. The maximum Gasteiger partial charge on any atom is 0.190 e. The molecule has 3 aromatic rings. The Morgan fingerprint density at radius 2 is 2.00 bits per heavy atom. The molecule has 5 heteroatoms. The van der Waals surface area contributed by atoms with Crippen LogP contribution in [0, 0.1) is 5.82 Å². The van der Waals surface area contributed by atoms with E-state index in [1.807, 2.05) is 12.1 Å². The zero-order valence-corrected chi connectivity index (χ0v) is 12.8. The van der Waals surface area contributed by atoms with Gasteiger partial charge in [-0.3, -0.25) is 0 Å². The van der Waals surface area contributed by atoms with Gasteiger partial charge in [0.15, 0.2) is 4.80 Å². The number of halogens is 1. The van der Waals surface area contributed by atoms with Gasteiger partial charge < -0.3 is 4.57 Å². The number of allylic oxidation sites excluding steroid dienone is 1. The Labute approximate surface area is 130 Å². The van der Waals surface area contributed by atoms with E-state index in [2.05, 4.69) is 33.0 Å². The zero-order valence-electron chi connectivity index (χ0n) is 11.2. The maximum absolute atomic E-state index is 13.0. The zero-order chi connectivity index (χ0) is 14.7. The Morgan fingerprint density at radius 3 is 2.67 bits per heavy atom. The van der Waals surface area contributed by atoms with Crippen LogP contribution in [0.3, 0.4) is 0 Å². The lowest BCUT2D eigenvalue weighted by Crippen LogP contribution is -2.14. The van der Waals surface area contributed by atoms with Crippen LogP contribution >= 0.6 is 22.7 Å². The van der Waals surface area contributed by atoms with Gasteiger partial charge in [-0.05, 0) is 35.7 Å². The molecule has 0 radical (unpaired) electrons. The van der Waals surface area contributed by atoms with Crippen molar-refractivity contribution in [2.75, 3.05) is 0 Å². The van der Waals surface area contributed by atoms with Crippen molar-refractivity contribution in [3.05, 3.63) is 70.4 Å². The summed E-state index contributed by atoms with van der Waals surface area (Å²) in [6, 6.07) is 10.3. The molecule has 0 atom stereocenters. The van der Waals surface area contributed by atoms with E-state index in [1.165, 1.54) is 17.0 Å². The number of hydrogen-bond donors (Lipinski definition) is 0. The van der Waals surface area contributed by atoms with Gasteiger partial charge in [-0.2, -0.15) is 0 Å². The van der Waals surface area contributed by atoms with Gasteiger partial charge in [-0.15, -0.1) is 29.3 Å². The Morgan fingerprint density at radius 1 is 1.19 bits per heavy atom. The molecule has 0 amide bonds. The second kappa shape index (κ2) is 6.20. The smallest absolute Gasteiger partial charge is 0.190 e. The monoisotopic (exact) mass is 316 g/mol. The van der Waals surface area contributed by atoms with E-state index in [0.717, 1.165) is 16.2 Å². The molecule has 106 valence electrons. The Kier molecular flexibility index (Phi) is 4.13. The highest BCUT2D eigenvalue weighted by Crippen LogP contribution is 2.25. The van der Waals surface area contributed by atoms with Gasteiger partial charge in [-0.25, -0.2) is 9.38 Å². The first-order chi connectivity index (χ1) is 10.3. The summed E-state index contributed by atoms with van der Waals surface area (Å²) in [4.78, 5) is 6.68. The van der Waals surface area contributed by atoms with Crippen molar-refractivity contribution in [3.63, 3.8) is 0 Å². The van der Waals surface area contributed by atoms with E-state index in [-0.39, 0.29) is 5.82 Å². The first kappa shape index (κ1) is 14.0. The summed E-state index contributed by atoms with van der Waals surface area (Å²) in [5.74, 6) is -0.252. The van der Waals surface area contributed by atoms with Gasteiger partial charge in [0.1, 0.15) is 5.82 Å². The van der Waals surface area contributed by atoms with E-state index in [4.69, 9.17) is 0 Å². The second-order valence-corrected chi connectivity index (χ2v) is 6.15. The standard InChI is InChI=1S/C16H13FN2S2/c1-2-9-19-14(15-4-3-10-20-15)11-21-16(19)18-13-7-5-12(17)6-8-13/h2-8,10-11H,1,9H2. The molecule has 0 aliphatic rings. The van der Waals surface area contributed by atoms with Gasteiger partial charge in [0.2, 0.25) is 0 Å². The number of nitrogens with zero attached hydrogens (tertiary/aromatic N) is 2. The lowest BCUT2D eigenvalue weighted by Gasteiger charge is -2.04. The van der Waals surface area contributed by atoms with Crippen molar-refractivity contribution in [1.29, 1.82) is 0 Å². The number of hydrogen-bond acceptors (Lipinski definition) is 3. The highest BCUT2D eigenvalue weighted by atomic mass is 32.1. The Balaban J connectivity index is 2.10. The minimum absolute atomic E-state index is 0.252. The van der Waals surface area contributed by atoms with Crippen molar-refractivity contribution >= 4 is 28.4 Å². The van der Waals surface area contributed by atoms with E-state index in [9.17, 15) is 4.39 Å². The molecule has 0 aliphatic carbocycles. The fraction of sp³-hybridized carbons (Fsp3) is 0.0625. The molecule has 0 fully saturated rings. The fourth-order valence-electron chi connectivity index (χ4n) is 1.97. The SMILES string of the molecule is C=CCn1c(-c2cccs2)csc1=Nc1ccc(F)cc1. The summed E-state index contributed by atoms with van der Waals surface area (Å²) in [5, 5.41) is 4.15. The first-order valence-corrected chi connectivity index (χ1v) is 8.17. The van der Waals surface area contributed by atoms with Crippen LogP contribution in [-0.4, -0.2) is 4.57 Å². The molecule has 2 heterocycles. The van der Waals surface area contributed by atoms with Crippen LogP contribution in [0.5, 0.6) is 0 Å². The number of benzene rings is 1.